The summed E-state index contributed by atoms with van der Waals surface area (Å²) in [5.74, 6) is -0.322. The highest BCUT2D eigenvalue weighted by Gasteiger charge is 2.23. The first-order valence-electron chi connectivity index (χ1n) is 7.41. The summed E-state index contributed by atoms with van der Waals surface area (Å²) in [7, 11) is 0. The number of amides is 1. The van der Waals surface area contributed by atoms with E-state index in [1.165, 1.54) is 11.3 Å². The highest BCUT2D eigenvalue weighted by molar-refractivity contribution is 7.16. The molecule has 0 unspecified atom stereocenters. The summed E-state index contributed by atoms with van der Waals surface area (Å²) in [4.78, 5) is 25.6. The van der Waals surface area contributed by atoms with Crippen molar-refractivity contribution in [2.45, 2.75) is 47.1 Å². The van der Waals surface area contributed by atoms with Crippen molar-refractivity contribution in [1.82, 2.24) is 5.16 Å². The van der Waals surface area contributed by atoms with Crippen molar-refractivity contribution in [2.75, 3.05) is 5.32 Å². The largest absolute Gasteiger partial charge is 0.459 e. The minimum absolute atomic E-state index is 0.224. The molecule has 1 amide bonds. The smallest absolute Gasteiger partial charge is 0.341 e. The molecule has 6 nitrogen and oxygen atoms in total. The minimum Gasteiger partial charge on any atom is -0.459 e. The molecule has 2 rings (SSSR count). The van der Waals surface area contributed by atoms with Gasteiger partial charge >= 0.3 is 5.97 Å². The summed E-state index contributed by atoms with van der Waals surface area (Å²) in [6.45, 7) is 9.02. The second kappa shape index (κ2) is 6.95. The van der Waals surface area contributed by atoms with Crippen LogP contribution in [0.2, 0.25) is 0 Å². The molecule has 0 spiro atoms. The Hall–Kier alpha value is -2.15. The van der Waals surface area contributed by atoms with Gasteiger partial charge in [0.15, 0.2) is 0 Å². The number of nitrogens with zero attached hydrogens (tertiary/aromatic N) is 1. The van der Waals surface area contributed by atoms with Gasteiger partial charge in [0, 0.05) is 4.88 Å². The highest BCUT2D eigenvalue weighted by Crippen LogP contribution is 2.29. The molecule has 1 N–H and O–H groups in total. The summed E-state index contributed by atoms with van der Waals surface area (Å²) in [5.41, 5.74) is 1.38. The van der Waals surface area contributed by atoms with Crippen LogP contribution in [0.15, 0.2) is 10.6 Å². The number of carbonyl (C=O) groups excluding carboxylic acids is 2. The van der Waals surface area contributed by atoms with Crippen molar-refractivity contribution in [3.63, 3.8) is 0 Å². The van der Waals surface area contributed by atoms with Gasteiger partial charge in [0.1, 0.15) is 16.3 Å². The number of hydrogen-bond acceptors (Lipinski definition) is 6. The second-order valence-electron chi connectivity index (χ2n) is 5.42. The first-order valence-corrected chi connectivity index (χ1v) is 8.23. The van der Waals surface area contributed by atoms with E-state index in [9.17, 15) is 9.59 Å². The van der Waals surface area contributed by atoms with E-state index in [-0.39, 0.29) is 12.0 Å². The van der Waals surface area contributed by atoms with Crippen LogP contribution in [-0.2, 0) is 11.2 Å². The number of carbonyl (C=O) groups is 2. The van der Waals surface area contributed by atoms with Gasteiger partial charge in [-0.1, -0.05) is 12.1 Å². The number of hydrogen-bond donors (Lipinski definition) is 1. The first-order chi connectivity index (χ1) is 10.8. The van der Waals surface area contributed by atoms with Crippen LogP contribution in [0.1, 0.15) is 57.8 Å². The monoisotopic (exact) mass is 336 g/mol. The fourth-order valence-corrected chi connectivity index (χ4v) is 3.05. The maximum Gasteiger partial charge on any atom is 0.341 e. The van der Waals surface area contributed by atoms with Crippen molar-refractivity contribution in [3.05, 3.63) is 33.5 Å². The fourth-order valence-electron chi connectivity index (χ4n) is 2.15. The molecule has 0 fully saturated rings. The van der Waals surface area contributed by atoms with Crippen LogP contribution in [0.3, 0.4) is 0 Å². The average molecular weight is 336 g/mol. The van der Waals surface area contributed by atoms with E-state index >= 15 is 0 Å². The van der Waals surface area contributed by atoms with E-state index in [0.717, 1.165) is 4.88 Å². The van der Waals surface area contributed by atoms with Crippen LogP contribution in [0.4, 0.5) is 5.00 Å². The van der Waals surface area contributed by atoms with Crippen LogP contribution < -0.4 is 5.32 Å². The molecule has 0 atom stereocenters. The van der Waals surface area contributed by atoms with Gasteiger partial charge in [0.2, 0.25) is 0 Å². The molecular formula is C16H20N2O4S. The van der Waals surface area contributed by atoms with Crippen LogP contribution >= 0.6 is 11.3 Å². The topological polar surface area (TPSA) is 81.4 Å². The number of aryl methyl sites for hydroxylation is 3. The van der Waals surface area contributed by atoms with E-state index in [2.05, 4.69) is 10.5 Å². The van der Waals surface area contributed by atoms with Gasteiger partial charge in [-0.15, -0.1) is 11.3 Å². The Bertz CT molecular complexity index is 731. The Morgan fingerprint density at radius 3 is 2.70 bits per heavy atom. The number of thiophene rings is 1. The van der Waals surface area contributed by atoms with Crippen LogP contribution in [0.25, 0.3) is 0 Å². The van der Waals surface area contributed by atoms with Crippen molar-refractivity contribution in [3.8, 4) is 0 Å². The van der Waals surface area contributed by atoms with Gasteiger partial charge in [-0.3, -0.25) is 4.79 Å². The summed E-state index contributed by atoms with van der Waals surface area (Å²) < 4.78 is 10.3. The van der Waals surface area contributed by atoms with Crippen LogP contribution in [0.5, 0.6) is 0 Å². The maximum atomic E-state index is 12.5. The Kier molecular flexibility index (Phi) is 5.20. The molecule has 0 aliphatic rings. The predicted molar refractivity (Wildman–Crippen MR) is 88.2 cm³/mol. The lowest BCUT2D eigenvalue weighted by atomic mass is 10.1. The van der Waals surface area contributed by atoms with Gasteiger partial charge in [-0.05, 0) is 40.2 Å². The highest BCUT2D eigenvalue weighted by atomic mass is 32.1. The Labute approximate surface area is 138 Å². The summed E-state index contributed by atoms with van der Waals surface area (Å²) in [6.07, 6.45) is 0.365. The van der Waals surface area contributed by atoms with Gasteiger partial charge in [0.25, 0.3) is 5.91 Å². The molecule has 124 valence electrons. The van der Waals surface area contributed by atoms with E-state index in [4.69, 9.17) is 9.26 Å². The average Bonchev–Trinajstić information content (AvgIpc) is 3.00. The van der Waals surface area contributed by atoms with Crippen molar-refractivity contribution in [1.29, 1.82) is 0 Å². The molecular weight excluding hydrogens is 316 g/mol. The zero-order valence-corrected chi connectivity index (χ0v) is 14.7. The number of aromatic nitrogens is 1. The standard InChI is InChI=1S/C16H20N2O4S/c1-6-12-13(10(5)22-18-12)14(19)17-15-11(7-9(4)23-15)16(20)21-8(2)3/h7-8H,6H2,1-5H3,(H,17,19). The fraction of sp³-hybridized carbons (Fsp3) is 0.438. The summed E-state index contributed by atoms with van der Waals surface area (Å²) >= 11 is 1.33. The van der Waals surface area contributed by atoms with E-state index in [1.807, 2.05) is 13.8 Å². The van der Waals surface area contributed by atoms with Gasteiger partial charge in [-0.2, -0.15) is 0 Å². The number of anilines is 1. The Morgan fingerprint density at radius 1 is 1.39 bits per heavy atom. The Morgan fingerprint density at radius 2 is 2.09 bits per heavy atom. The molecule has 0 bridgehead atoms. The van der Waals surface area contributed by atoms with E-state index in [1.54, 1.807) is 26.8 Å². The molecule has 0 saturated carbocycles. The molecule has 0 radical (unpaired) electrons. The minimum atomic E-state index is -0.447. The molecule has 0 aliphatic heterocycles. The van der Waals surface area contributed by atoms with Crippen molar-refractivity contribution in [2.24, 2.45) is 0 Å². The zero-order chi connectivity index (χ0) is 17.1. The van der Waals surface area contributed by atoms with Gasteiger partial charge in [0.05, 0.1) is 17.4 Å². The maximum absolute atomic E-state index is 12.5. The van der Waals surface area contributed by atoms with Crippen LogP contribution in [0, 0.1) is 13.8 Å². The van der Waals surface area contributed by atoms with Gasteiger partial charge < -0.3 is 14.6 Å². The van der Waals surface area contributed by atoms with Gasteiger partial charge in [-0.25, -0.2) is 4.79 Å². The first kappa shape index (κ1) is 17.2. The SMILES string of the molecule is CCc1noc(C)c1C(=O)Nc1sc(C)cc1C(=O)OC(C)C. The third-order valence-electron chi connectivity index (χ3n) is 3.14. The lowest BCUT2D eigenvalue weighted by molar-refractivity contribution is 0.0379. The van der Waals surface area contributed by atoms with Crippen molar-refractivity contribution < 1.29 is 18.8 Å². The molecule has 0 saturated heterocycles. The molecule has 2 aromatic rings. The number of ether oxygens (including phenoxy) is 1. The van der Waals surface area contributed by atoms with Crippen molar-refractivity contribution >= 4 is 28.2 Å². The normalized spacial score (nSPS) is 10.9. The zero-order valence-electron chi connectivity index (χ0n) is 13.9. The number of nitrogens with one attached hydrogen (secondary N) is 1. The third-order valence-corrected chi connectivity index (χ3v) is 4.11. The lowest BCUT2D eigenvalue weighted by Gasteiger charge is -2.09. The van der Waals surface area contributed by atoms with Crippen LogP contribution in [-0.4, -0.2) is 23.1 Å². The Balaban J connectivity index is 2.28. The number of esters is 1. The second-order valence-corrected chi connectivity index (χ2v) is 6.68. The summed E-state index contributed by atoms with van der Waals surface area (Å²) in [6, 6.07) is 1.71. The number of rotatable bonds is 5. The molecule has 0 aromatic carbocycles. The predicted octanol–water partition coefficient (Wildman–Crippen LogP) is 3.73. The van der Waals surface area contributed by atoms with E-state index in [0.29, 0.717) is 34.0 Å². The molecule has 2 heterocycles. The lowest BCUT2D eigenvalue weighted by Crippen LogP contribution is -2.17. The molecule has 23 heavy (non-hydrogen) atoms. The third kappa shape index (κ3) is 3.79. The van der Waals surface area contributed by atoms with E-state index < -0.39 is 5.97 Å². The quantitative estimate of drug-likeness (QED) is 0.841. The molecule has 0 aliphatic carbocycles. The molecule has 2 aromatic heterocycles. The summed E-state index contributed by atoms with van der Waals surface area (Å²) in [5, 5.41) is 7.13. The molecule has 7 heteroatoms.